The second-order valence-electron chi connectivity index (χ2n) is 4.99. The molecule has 0 aromatic heterocycles. The van der Waals surface area contributed by atoms with Crippen LogP contribution in [0, 0.1) is 11.3 Å². The summed E-state index contributed by atoms with van der Waals surface area (Å²) in [5, 5.41) is 9.66. The Morgan fingerprint density at radius 1 is 1.14 bits per heavy atom. The first-order chi connectivity index (χ1) is 10.2. The maximum atomic E-state index is 12.7. The number of rotatable bonds is 1. The number of aliphatic imine (C=N–C) groups is 1. The number of amides is 1. The first-order valence-corrected chi connectivity index (χ1v) is 6.60. The lowest BCUT2D eigenvalue weighted by molar-refractivity contribution is 0.0767. The summed E-state index contributed by atoms with van der Waals surface area (Å²) in [4.78, 5) is 18.4. The van der Waals surface area contributed by atoms with Gasteiger partial charge in [-0.3, -0.25) is 9.69 Å². The first-order valence-electron chi connectivity index (χ1n) is 6.60. The van der Waals surface area contributed by atoms with Gasteiger partial charge in [0.2, 0.25) is 0 Å². The zero-order valence-corrected chi connectivity index (χ0v) is 11.5. The van der Waals surface area contributed by atoms with Crippen molar-refractivity contribution in [1.82, 2.24) is 4.90 Å². The van der Waals surface area contributed by atoms with Crippen molar-refractivity contribution in [3.8, 4) is 6.07 Å². The molecule has 102 valence electrons. The predicted octanol–water partition coefficient (Wildman–Crippen LogP) is 3.24. The van der Waals surface area contributed by atoms with Crippen LogP contribution < -0.4 is 0 Å². The van der Waals surface area contributed by atoms with Crippen LogP contribution in [0.5, 0.6) is 0 Å². The van der Waals surface area contributed by atoms with E-state index in [0.717, 1.165) is 11.3 Å². The predicted molar refractivity (Wildman–Crippen MR) is 80.2 cm³/mol. The summed E-state index contributed by atoms with van der Waals surface area (Å²) in [5.74, 6) is -0.238. The molecule has 0 aliphatic carbocycles. The van der Waals surface area contributed by atoms with Gasteiger partial charge in [-0.1, -0.05) is 36.4 Å². The molecular formula is C17H13N3O. The van der Waals surface area contributed by atoms with Gasteiger partial charge in [0.15, 0.2) is 5.54 Å². The fourth-order valence-corrected chi connectivity index (χ4v) is 2.45. The normalized spacial score (nSPS) is 19.7. The highest BCUT2D eigenvalue weighted by molar-refractivity contribution is 6.03. The summed E-state index contributed by atoms with van der Waals surface area (Å²) in [5.41, 5.74) is 0.924. The fourth-order valence-electron chi connectivity index (χ4n) is 2.45. The molecule has 0 radical (unpaired) electrons. The van der Waals surface area contributed by atoms with E-state index in [1.54, 1.807) is 31.2 Å². The van der Waals surface area contributed by atoms with Crippen LogP contribution in [0.1, 0.15) is 22.8 Å². The number of carbonyl (C=O) groups is 1. The molecule has 0 saturated heterocycles. The van der Waals surface area contributed by atoms with Crippen LogP contribution in [0.3, 0.4) is 0 Å². The van der Waals surface area contributed by atoms with Crippen molar-refractivity contribution in [2.75, 3.05) is 0 Å². The number of hydrogen-bond donors (Lipinski definition) is 0. The standard InChI is InChI=1S/C17H13N3O/c1-17(11-18)14-9-5-6-10-15(14)19-12-20(17)16(21)13-7-3-2-4-8-13/h2-10,12H,1H3. The molecule has 0 N–H and O–H groups in total. The van der Waals surface area contributed by atoms with Gasteiger partial charge in [-0.2, -0.15) is 5.26 Å². The average molecular weight is 275 g/mol. The molecule has 1 atom stereocenters. The first kappa shape index (κ1) is 13.1. The Morgan fingerprint density at radius 3 is 2.52 bits per heavy atom. The van der Waals surface area contributed by atoms with Gasteiger partial charge in [0.05, 0.1) is 18.1 Å². The summed E-state index contributed by atoms with van der Waals surface area (Å²) in [6.07, 6.45) is 1.45. The third kappa shape index (κ3) is 2.00. The number of fused-ring (bicyclic) bond motifs is 1. The molecule has 21 heavy (non-hydrogen) atoms. The van der Waals surface area contributed by atoms with Crippen LogP contribution in [-0.4, -0.2) is 17.1 Å². The third-order valence-electron chi connectivity index (χ3n) is 3.68. The summed E-state index contributed by atoms with van der Waals surface area (Å²) in [6, 6.07) is 18.5. The van der Waals surface area contributed by atoms with Gasteiger partial charge in [-0.05, 0) is 25.1 Å². The lowest BCUT2D eigenvalue weighted by Crippen LogP contribution is -2.47. The molecule has 1 unspecified atom stereocenters. The van der Waals surface area contributed by atoms with Crippen LogP contribution in [0.4, 0.5) is 5.69 Å². The zero-order valence-electron chi connectivity index (χ0n) is 11.5. The van der Waals surface area contributed by atoms with Crippen molar-refractivity contribution in [3.63, 3.8) is 0 Å². The average Bonchev–Trinajstić information content (AvgIpc) is 2.55. The summed E-state index contributed by atoms with van der Waals surface area (Å²) in [6.45, 7) is 1.73. The van der Waals surface area contributed by atoms with Crippen molar-refractivity contribution in [2.45, 2.75) is 12.5 Å². The lowest BCUT2D eigenvalue weighted by atomic mass is 9.88. The fraction of sp³-hybridized carbons (Fsp3) is 0.118. The number of para-hydroxylation sites is 1. The van der Waals surface area contributed by atoms with Gasteiger partial charge in [0, 0.05) is 11.1 Å². The molecule has 1 aliphatic rings. The molecule has 1 aliphatic heterocycles. The molecule has 4 nitrogen and oxygen atoms in total. The van der Waals surface area contributed by atoms with E-state index >= 15 is 0 Å². The Morgan fingerprint density at radius 2 is 1.81 bits per heavy atom. The van der Waals surface area contributed by atoms with E-state index in [0.29, 0.717) is 5.56 Å². The van der Waals surface area contributed by atoms with Gasteiger partial charge in [0.1, 0.15) is 0 Å². The minimum Gasteiger partial charge on any atom is -0.275 e. The van der Waals surface area contributed by atoms with Crippen LogP contribution >= 0.6 is 0 Å². The molecular weight excluding hydrogens is 262 g/mol. The number of carbonyl (C=O) groups excluding carboxylic acids is 1. The molecule has 1 heterocycles. The monoisotopic (exact) mass is 275 g/mol. The van der Waals surface area contributed by atoms with E-state index in [1.807, 2.05) is 30.3 Å². The third-order valence-corrected chi connectivity index (χ3v) is 3.68. The van der Waals surface area contributed by atoms with Gasteiger partial charge >= 0.3 is 0 Å². The highest BCUT2D eigenvalue weighted by Crippen LogP contribution is 2.37. The van der Waals surface area contributed by atoms with Crippen LogP contribution in [-0.2, 0) is 5.54 Å². The van der Waals surface area contributed by atoms with Gasteiger partial charge in [0.25, 0.3) is 5.91 Å². The largest absolute Gasteiger partial charge is 0.275 e. The zero-order chi connectivity index (χ0) is 14.9. The van der Waals surface area contributed by atoms with Gasteiger partial charge in [-0.15, -0.1) is 0 Å². The minimum absolute atomic E-state index is 0.238. The smallest absolute Gasteiger partial charge is 0.260 e. The molecule has 0 saturated carbocycles. The quantitative estimate of drug-likeness (QED) is 0.802. The van der Waals surface area contributed by atoms with Crippen molar-refractivity contribution < 1.29 is 4.79 Å². The summed E-state index contributed by atoms with van der Waals surface area (Å²) < 4.78 is 0. The van der Waals surface area contributed by atoms with Gasteiger partial charge in [-0.25, -0.2) is 4.99 Å². The van der Waals surface area contributed by atoms with Crippen molar-refractivity contribution in [1.29, 1.82) is 5.26 Å². The molecule has 3 rings (SSSR count). The minimum atomic E-state index is -1.06. The number of nitrogens with zero attached hydrogens (tertiary/aromatic N) is 3. The van der Waals surface area contributed by atoms with Gasteiger partial charge < -0.3 is 0 Å². The molecule has 0 spiro atoms. The van der Waals surface area contributed by atoms with E-state index in [1.165, 1.54) is 11.2 Å². The molecule has 4 heteroatoms. The maximum Gasteiger partial charge on any atom is 0.260 e. The Labute approximate surface area is 123 Å². The van der Waals surface area contributed by atoms with Crippen molar-refractivity contribution in [3.05, 3.63) is 65.7 Å². The van der Waals surface area contributed by atoms with E-state index < -0.39 is 5.54 Å². The number of benzene rings is 2. The Balaban J connectivity index is 2.10. The van der Waals surface area contributed by atoms with Crippen LogP contribution in [0.15, 0.2) is 59.6 Å². The Bertz CT molecular complexity index is 761. The van der Waals surface area contributed by atoms with E-state index in [2.05, 4.69) is 11.1 Å². The molecule has 2 aromatic carbocycles. The summed E-state index contributed by atoms with van der Waals surface area (Å²) in [7, 11) is 0. The highest BCUT2D eigenvalue weighted by Gasteiger charge is 2.40. The van der Waals surface area contributed by atoms with Crippen LogP contribution in [0.25, 0.3) is 0 Å². The van der Waals surface area contributed by atoms with Crippen molar-refractivity contribution >= 4 is 17.9 Å². The molecule has 0 bridgehead atoms. The van der Waals surface area contributed by atoms with E-state index in [9.17, 15) is 10.1 Å². The molecule has 1 amide bonds. The van der Waals surface area contributed by atoms with Crippen molar-refractivity contribution in [2.24, 2.45) is 4.99 Å². The lowest BCUT2D eigenvalue weighted by Gasteiger charge is -2.36. The Hall–Kier alpha value is -2.93. The summed E-state index contributed by atoms with van der Waals surface area (Å²) >= 11 is 0. The second-order valence-corrected chi connectivity index (χ2v) is 4.99. The van der Waals surface area contributed by atoms with Crippen LogP contribution in [0.2, 0.25) is 0 Å². The number of hydrogen-bond acceptors (Lipinski definition) is 3. The van der Waals surface area contributed by atoms with E-state index in [4.69, 9.17) is 0 Å². The SMILES string of the molecule is CC1(C#N)c2ccccc2N=CN1C(=O)c1ccccc1. The molecule has 0 fully saturated rings. The second kappa shape index (κ2) is 4.88. The maximum absolute atomic E-state index is 12.7. The Kier molecular flexibility index (Phi) is 3.03. The topological polar surface area (TPSA) is 56.5 Å². The highest BCUT2D eigenvalue weighted by atomic mass is 16.2. The number of nitriles is 1. The molecule has 2 aromatic rings. The van der Waals surface area contributed by atoms with E-state index in [-0.39, 0.29) is 5.91 Å².